The van der Waals surface area contributed by atoms with Gasteiger partial charge in [-0.15, -0.1) is 24.0 Å². The van der Waals surface area contributed by atoms with Crippen LogP contribution in [0.4, 0.5) is 10.1 Å². The third kappa shape index (κ3) is 6.05. The first-order valence-electron chi connectivity index (χ1n) is 6.95. The Kier molecular flexibility index (Phi) is 7.28. The number of nitrogens with zero attached hydrogens (tertiary/aromatic N) is 1. The molecule has 6 heteroatoms. The van der Waals surface area contributed by atoms with Gasteiger partial charge in [0.1, 0.15) is 11.6 Å². The monoisotopic (exact) mass is 429 g/mol. The fourth-order valence-corrected chi connectivity index (χ4v) is 2.24. The average Bonchev–Trinajstić information content (AvgIpc) is 2.43. The number of rotatable bonds is 4. The first-order chi connectivity index (χ1) is 10.5. The topological polar surface area (TPSA) is 59.6 Å². The van der Waals surface area contributed by atoms with Gasteiger partial charge in [0, 0.05) is 11.8 Å². The van der Waals surface area contributed by atoms with Crippen molar-refractivity contribution < 1.29 is 9.13 Å². The number of guanidine groups is 1. The van der Waals surface area contributed by atoms with Crippen LogP contribution in [-0.2, 0) is 6.54 Å². The number of benzene rings is 2. The molecule has 0 aliphatic heterocycles. The first kappa shape index (κ1) is 19.2. The molecule has 3 N–H and O–H groups in total. The van der Waals surface area contributed by atoms with Gasteiger partial charge in [0.15, 0.2) is 5.96 Å². The van der Waals surface area contributed by atoms with Crippen molar-refractivity contribution in [1.82, 2.24) is 0 Å². The smallest absolute Gasteiger partial charge is 0.193 e. The Hall–Kier alpha value is -1.83. The molecule has 124 valence electrons. The Balaban J connectivity index is 0.00000264. The molecule has 0 fully saturated rings. The van der Waals surface area contributed by atoms with E-state index in [9.17, 15) is 4.39 Å². The summed E-state index contributed by atoms with van der Waals surface area (Å²) in [6, 6.07) is 10.5. The highest BCUT2D eigenvalue weighted by Crippen LogP contribution is 2.17. The Labute approximate surface area is 153 Å². The number of nitrogens with two attached hydrogens (primary N) is 1. The summed E-state index contributed by atoms with van der Waals surface area (Å²) in [5.41, 5.74) is 9.74. The molecule has 0 radical (unpaired) electrons. The zero-order valence-corrected chi connectivity index (χ0v) is 15.7. The predicted octanol–water partition coefficient (Wildman–Crippen LogP) is 4.00. The maximum absolute atomic E-state index is 13.4. The van der Waals surface area contributed by atoms with Crippen molar-refractivity contribution in [2.45, 2.75) is 20.4 Å². The van der Waals surface area contributed by atoms with Crippen molar-refractivity contribution in [3.63, 3.8) is 0 Å². The summed E-state index contributed by atoms with van der Waals surface area (Å²) in [6.07, 6.45) is 0. The molecule has 0 heterocycles. The summed E-state index contributed by atoms with van der Waals surface area (Å²) < 4.78 is 18.4. The first-order valence-corrected chi connectivity index (χ1v) is 6.95. The highest BCUT2D eigenvalue weighted by atomic mass is 127. The highest BCUT2D eigenvalue weighted by Gasteiger charge is 2.02. The van der Waals surface area contributed by atoms with Crippen molar-refractivity contribution in [2.24, 2.45) is 10.7 Å². The highest BCUT2D eigenvalue weighted by molar-refractivity contribution is 14.0. The molecular formula is C17H21FIN3O. The molecule has 2 rings (SSSR count). The molecule has 2 aromatic carbocycles. The van der Waals surface area contributed by atoms with Crippen LogP contribution in [0.1, 0.15) is 16.7 Å². The largest absolute Gasteiger partial charge is 0.497 e. The molecule has 0 unspecified atom stereocenters. The third-order valence-corrected chi connectivity index (χ3v) is 3.09. The van der Waals surface area contributed by atoms with Crippen molar-refractivity contribution in [2.75, 3.05) is 12.4 Å². The number of hydrogen-bond donors (Lipinski definition) is 2. The van der Waals surface area contributed by atoms with Crippen molar-refractivity contribution >= 4 is 35.6 Å². The van der Waals surface area contributed by atoms with Gasteiger partial charge < -0.3 is 15.8 Å². The molecule has 4 nitrogen and oxygen atoms in total. The lowest BCUT2D eigenvalue weighted by Crippen LogP contribution is -2.22. The minimum Gasteiger partial charge on any atom is -0.497 e. The van der Waals surface area contributed by atoms with Crippen LogP contribution in [-0.4, -0.2) is 13.1 Å². The minimum absolute atomic E-state index is 0. The number of ether oxygens (including phenoxy) is 1. The summed E-state index contributed by atoms with van der Waals surface area (Å²) in [6.45, 7) is 4.31. The fraction of sp³-hybridized carbons (Fsp3) is 0.235. The lowest BCUT2D eigenvalue weighted by atomic mass is 10.1. The van der Waals surface area contributed by atoms with Crippen LogP contribution in [0.25, 0.3) is 0 Å². The molecule has 23 heavy (non-hydrogen) atoms. The molecule has 2 aromatic rings. The van der Waals surface area contributed by atoms with Crippen LogP contribution in [0, 0.1) is 19.7 Å². The Morgan fingerprint density at radius 3 is 2.39 bits per heavy atom. The SMILES string of the molecule is COc1cc(F)cc(CN=C(N)Nc2cc(C)cc(C)c2)c1.I. The summed E-state index contributed by atoms with van der Waals surface area (Å²) in [5.74, 6) is 0.393. The maximum Gasteiger partial charge on any atom is 0.193 e. The van der Waals surface area contributed by atoms with E-state index < -0.39 is 0 Å². The van der Waals surface area contributed by atoms with Crippen LogP contribution in [0.3, 0.4) is 0 Å². The number of anilines is 1. The van der Waals surface area contributed by atoms with Crippen LogP contribution in [0.5, 0.6) is 5.75 Å². The van der Waals surface area contributed by atoms with E-state index in [-0.39, 0.29) is 42.3 Å². The third-order valence-electron chi connectivity index (χ3n) is 3.09. The van der Waals surface area contributed by atoms with Crippen LogP contribution in [0.15, 0.2) is 41.4 Å². The van der Waals surface area contributed by atoms with E-state index in [4.69, 9.17) is 10.5 Å². The van der Waals surface area contributed by atoms with Gasteiger partial charge in [-0.3, -0.25) is 0 Å². The zero-order valence-electron chi connectivity index (χ0n) is 13.4. The maximum atomic E-state index is 13.4. The number of halogens is 2. The number of aryl methyl sites for hydroxylation is 2. The van der Waals surface area contributed by atoms with E-state index in [1.165, 1.54) is 19.2 Å². The van der Waals surface area contributed by atoms with Crippen molar-refractivity contribution in [1.29, 1.82) is 0 Å². The van der Waals surface area contributed by atoms with Gasteiger partial charge in [-0.05, 0) is 54.8 Å². The average molecular weight is 429 g/mol. The molecule has 0 aromatic heterocycles. The standard InChI is InChI=1S/C17H20FN3O.HI/c1-11-4-12(2)6-15(5-11)21-17(19)20-10-13-7-14(18)9-16(8-13)22-3;/h4-9H,10H2,1-3H3,(H3,19,20,21);1H. The van der Waals surface area contributed by atoms with Gasteiger partial charge in [0.2, 0.25) is 0 Å². The zero-order chi connectivity index (χ0) is 16.1. The van der Waals surface area contributed by atoms with E-state index >= 15 is 0 Å². The summed E-state index contributed by atoms with van der Waals surface area (Å²) >= 11 is 0. The molecule has 0 spiro atoms. The van der Waals surface area contributed by atoms with Gasteiger partial charge in [0.25, 0.3) is 0 Å². The van der Waals surface area contributed by atoms with Gasteiger partial charge >= 0.3 is 0 Å². The van der Waals surface area contributed by atoms with Crippen molar-refractivity contribution in [3.05, 3.63) is 58.9 Å². The molecule has 0 atom stereocenters. The Bertz CT molecular complexity index is 684. The lowest BCUT2D eigenvalue weighted by molar-refractivity contribution is 0.410. The molecule has 0 saturated heterocycles. The molecule has 0 aliphatic carbocycles. The molecular weight excluding hydrogens is 408 g/mol. The van der Waals surface area contributed by atoms with Gasteiger partial charge in [-0.25, -0.2) is 9.38 Å². The van der Waals surface area contributed by atoms with E-state index in [2.05, 4.69) is 16.4 Å². The van der Waals surface area contributed by atoms with E-state index in [0.29, 0.717) is 11.3 Å². The van der Waals surface area contributed by atoms with Crippen LogP contribution in [0.2, 0.25) is 0 Å². The van der Waals surface area contributed by atoms with E-state index in [0.717, 1.165) is 16.8 Å². The molecule has 0 saturated carbocycles. The minimum atomic E-state index is -0.356. The molecule has 0 aliphatic rings. The second-order valence-electron chi connectivity index (χ2n) is 5.20. The lowest BCUT2D eigenvalue weighted by Gasteiger charge is -2.08. The van der Waals surface area contributed by atoms with Crippen LogP contribution >= 0.6 is 24.0 Å². The van der Waals surface area contributed by atoms with Gasteiger partial charge in [-0.1, -0.05) is 6.07 Å². The normalized spacial score (nSPS) is 10.9. The molecule has 0 amide bonds. The number of hydrogen-bond acceptors (Lipinski definition) is 2. The Morgan fingerprint density at radius 1 is 1.13 bits per heavy atom. The second-order valence-corrected chi connectivity index (χ2v) is 5.20. The quantitative estimate of drug-likeness (QED) is 0.439. The second kappa shape index (κ2) is 8.71. The Morgan fingerprint density at radius 2 is 1.78 bits per heavy atom. The summed E-state index contributed by atoms with van der Waals surface area (Å²) in [5, 5.41) is 3.04. The summed E-state index contributed by atoms with van der Waals surface area (Å²) in [4.78, 5) is 4.23. The van der Waals surface area contributed by atoms with Crippen molar-refractivity contribution in [3.8, 4) is 5.75 Å². The summed E-state index contributed by atoms with van der Waals surface area (Å²) in [7, 11) is 1.50. The number of methoxy groups -OCH3 is 1. The van der Waals surface area contributed by atoms with Gasteiger partial charge in [-0.2, -0.15) is 0 Å². The molecule has 0 bridgehead atoms. The number of nitrogens with one attached hydrogen (secondary N) is 1. The van der Waals surface area contributed by atoms with E-state index in [1.54, 1.807) is 6.07 Å². The van der Waals surface area contributed by atoms with Crippen LogP contribution < -0.4 is 15.8 Å². The number of aliphatic imine (C=N–C) groups is 1. The van der Waals surface area contributed by atoms with Gasteiger partial charge in [0.05, 0.1) is 13.7 Å². The van der Waals surface area contributed by atoms with E-state index in [1.807, 2.05) is 26.0 Å². The fourth-order valence-electron chi connectivity index (χ4n) is 2.24. The predicted molar refractivity (Wildman–Crippen MR) is 103 cm³/mol.